The second-order valence-electron chi connectivity index (χ2n) is 3.94. The zero-order chi connectivity index (χ0) is 12.8. The largest absolute Gasteiger partial charge is 0.383 e. The van der Waals surface area contributed by atoms with Gasteiger partial charge in [-0.1, -0.05) is 0 Å². The summed E-state index contributed by atoms with van der Waals surface area (Å²) in [4.78, 5) is 18.8. The molecule has 2 N–H and O–H groups in total. The Labute approximate surface area is 118 Å². The van der Waals surface area contributed by atoms with Crippen LogP contribution in [0.5, 0.6) is 0 Å². The average molecular weight is 294 g/mol. The van der Waals surface area contributed by atoms with E-state index in [2.05, 4.69) is 4.98 Å². The van der Waals surface area contributed by atoms with Gasteiger partial charge in [-0.15, -0.1) is 23.7 Å². The van der Waals surface area contributed by atoms with Crippen LogP contribution in [0.4, 0.5) is 0 Å². The van der Waals surface area contributed by atoms with Crippen molar-refractivity contribution in [3.63, 3.8) is 0 Å². The maximum absolute atomic E-state index is 11.8. The Hall–Kier alpha value is -0.690. The van der Waals surface area contributed by atoms with Crippen LogP contribution >= 0.6 is 23.7 Å². The van der Waals surface area contributed by atoms with Crippen molar-refractivity contribution in [2.75, 3.05) is 27.3 Å². The number of hydrogen-bond donors (Lipinski definition) is 1. The van der Waals surface area contributed by atoms with Crippen molar-refractivity contribution in [1.82, 2.24) is 9.88 Å². The lowest BCUT2D eigenvalue weighted by molar-refractivity contribution is -0.132. The van der Waals surface area contributed by atoms with Gasteiger partial charge in [-0.3, -0.25) is 4.79 Å². The monoisotopic (exact) mass is 293 g/mol. The minimum absolute atomic E-state index is 0. The smallest absolute Gasteiger partial charge is 0.241 e. The summed E-state index contributed by atoms with van der Waals surface area (Å²) in [6, 6.07) is -0.581. The molecule has 0 fully saturated rings. The Bertz CT molecular complexity index is 373. The van der Waals surface area contributed by atoms with Gasteiger partial charge in [0.05, 0.1) is 11.6 Å². The number of hydrogen-bond acceptors (Lipinski definition) is 5. The van der Waals surface area contributed by atoms with Crippen LogP contribution in [0.1, 0.15) is 9.88 Å². The number of likely N-dealkylation sites (N-methyl/N-ethyl adjacent to an activating group) is 1. The summed E-state index contributed by atoms with van der Waals surface area (Å²) in [5.41, 5.74) is 5.67. The van der Waals surface area contributed by atoms with Gasteiger partial charge in [-0.05, 0) is 6.92 Å². The van der Waals surface area contributed by atoms with Gasteiger partial charge in [0.1, 0.15) is 6.04 Å². The molecule has 104 valence electrons. The molecule has 1 heterocycles. The molecule has 18 heavy (non-hydrogen) atoms. The third-order valence-corrected chi connectivity index (χ3v) is 3.34. The lowest BCUT2D eigenvalue weighted by atomic mass is 10.3. The normalized spacial score (nSPS) is 11.8. The molecule has 0 aliphatic carbocycles. The zero-order valence-electron chi connectivity index (χ0n) is 10.9. The topological polar surface area (TPSA) is 68.5 Å². The van der Waals surface area contributed by atoms with Crippen molar-refractivity contribution in [3.05, 3.63) is 16.1 Å². The molecule has 1 amide bonds. The van der Waals surface area contributed by atoms with Crippen LogP contribution < -0.4 is 5.73 Å². The third kappa shape index (κ3) is 5.30. The summed E-state index contributed by atoms with van der Waals surface area (Å²) < 4.78 is 4.86. The molecular formula is C11H20ClN3O2S. The number of methoxy groups -OCH3 is 1. The van der Waals surface area contributed by atoms with Crippen molar-refractivity contribution in [1.29, 1.82) is 0 Å². The number of nitrogens with two attached hydrogens (primary N) is 1. The van der Waals surface area contributed by atoms with Crippen molar-refractivity contribution < 1.29 is 9.53 Å². The highest BCUT2D eigenvalue weighted by atomic mass is 35.5. The minimum Gasteiger partial charge on any atom is -0.383 e. The molecule has 1 aromatic heterocycles. The number of halogens is 1. The molecule has 0 aliphatic heterocycles. The maximum atomic E-state index is 11.8. The molecule has 5 nitrogen and oxygen atoms in total. The molecule has 0 aromatic carbocycles. The molecule has 0 saturated carbocycles. The van der Waals surface area contributed by atoms with E-state index < -0.39 is 6.04 Å². The molecule has 0 radical (unpaired) electrons. The van der Waals surface area contributed by atoms with Gasteiger partial charge in [0, 0.05) is 38.2 Å². The van der Waals surface area contributed by atoms with E-state index in [1.54, 1.807) is 23.3 Å². The minimum atomic E-state index is -0.581. The molecule has 0 saturated heterocycles. The fourth-order valence-corrected chi connectivity index (χ4v) is 2.20. The second-order valence-corrected chi connectivity index (χ2v) is 5.26. The number of amides is 1. The summed E-state index contributed by atoms with van der Waals surface area (Å²) in [6.07, 6.45) is 2.61. The Morgan fingerprint density at radius 3 is 2.83 bits per heavy atom. The molecule has 1 unspecified atom stereocenters. The molecule has 0 bridgehead atoms. The van der Waals surface area contributed by atoms with Crippen LogP contribution in [0.3, 0.4) is 0 Å². The van der Waals surface area contributed by atoms with Gasteiger partial charge in [-0.2, -0.15) is 0 Å². The van der Waals surface area contributed by atoms with E-state index in [0.717, 1.165) is 11.4 Å². The number of carbonyl (C=O) groups is 1. The fourth-order valence-electron chi connectivity index (χ4n) is 1.42. The van der Waals surface area contributed by atoms with E-state index in [1.807, 2.05) is 13.1 Å². The van der Waals surface area contributed by atoms with Gasteiger partial charge in [0.15, 0.2) is 0 Å². The molecule has 1 aromatic rings. The standard InChI is InChI=1S/C11H19N3O2S.ClH/c1-8-6-13-10(17-8)4-5-14(2)11(15)9(12)7-16-3;/h6,9H,4-5,7,12H2,1-3H3;1H. The van der Waals surface area contributed by atoms with E-state index in [9.17, 15) is 4.79 Å². The average Bonchev–Trinajstić information content (AvgIpc) is 2.71. The Kier molecular flexibility index (Phi) is 8.10. The molecule has 0 aliphatic rings. The van der Waals surface area contributed by atoms with Gasteiger partial charge in [0.2, 0.25) is 5.91 Å². The van der Waals surface area contributed by atoms with Crippen LogP contribution in [0, 0.1) is 6.92 Å². The number of nitrogens with zero attached hydrogens (tertiary/aromatic N) is 2. The number of aryl methyl sites for hydroxylation is 1. The van der Waals surface area contributed by atoms with Crippen LogP contribution in [0.25, 0.3) is 0 Å². The Morgan fingerprint density at radius 2 is 2.33 bits per heavy atom. The van der Waals surface area contributed by atoms with Crippen molar-refractivity contribution in [2.45, 2.75) is 19.4 Å². The van der Waals surface area contributed by atoms with Crippen molar-refractivity contribution in [3.8, 4) is 0 Å². The first-order valence-electron chi connectivity index (χ1n) is 5.45. The zero-order valence-corrected chi connectivity index (χ0v) is 12.5. The highest BCUT2D eigenvalue weighted by molar-refractivity contribution is 7.11. The van der Waals surface area contributed by atoms with Crippen molar-refractivity contribution in [2.24, 2.45) is 5.73 Å². The molecular weight excluding hydrogens is 274 g/mol. The first-order valence-corrected chi connectivity index (χ1v) is 6.27. The van der Waals surface area contributed by atoms with Crippen LogP contribution in [-0.4, -0.2) is 49.1 Å². The quantitative estimate of drug-likeness (QED) is 0.844. The predicted octanol–water partition coefficient (Wildman–Crippen LogP) is 0.848. The Balaban J connectivity index is 0.00000289. The van der Waals surface area contributed by atoms with Gasteiger partial charge in [-0.25, -0.2) is 4.98 Å². The summed E-state index contributed by atoms with van der Waals surface area (Å²) in [6.45, 7) is 2.90. The summed E-state index contributed by atoms with van der Waals surface area (Å²) in [5, 5.41) is 1.04. The molecule has 1 atom stereocenters. The molecule has 1 rings (SSSR count). The highest BCUT2D eigenvalue weighted by Gasteiger charge is 2.17. The predicted molar refractivity (Wildman–Crippen MR) is 75.3 cm³/mol. The number of thiazole rings is 1. The molecule has 0 spiro atoms. The van der Waals surface area contributed by atoms with Gasteiger partial charge >= 0.3 is 0 Å². The number of ether oxygens (including phenoxy) is 1. The van der Waals surface area contributed by atoms with E-state index in [0.29, 0.717) is 6.54 Å². The first kappa shape index (κ1) is 17.3. The van der Waals surface area contributed by atoms with E-state index in [-0.39, 0.29) is 24.9 Å². The van der Waals surface area contributed by atoms with Gasteiger partial charge in [0.25, 0.3) is 0 Å². The summed E-state index contributed by atoms with van der Waals surface area (Å²) >= 11 is 1.66. The van der Waals surface area contributed by atoms with Crippen LogP contribution in [0.2, 0.25) is 0 Å². The second kappa shape index (κ2) is 8.42. The van der Waals surface area contributed by atoms with Crippen molar-refractivity contribution >= 4 is 29.7 Å². The summed E-state index contributed by atoms with van der Waals surface area (Å²) in [5.74, 6) is -0.0971. The van der Waals surface area contributed by atoms with E-state index in [1.165, 1.54) is 12.0 Å². The van der Waals surface area contributed by atoms with E-state index >= 15 is 0 Å². The van der Waals surface area contributed by atoms with Crippen LogP contribution in [-0.2, 0) is 16.0 Å². The maximum Gasteiger partial charge on any atom is 0.241 e. The third-order valence-electron chi connectivity index (χ3n) is 2.37. The SMILES string of the molecule is COCC(N)C(=O)N(C)CCc1ncc(C)s1.Cl. The number of rotatable bonds is 6. The van der Waals surface area contributed by atoms with Crippen LogP contribution in [0.15, 0.2) is 6.20 Å². The number of carbonyl (C=O) groups excluding carboxylic acids is 1. The first-order chi connectivity index (χ1) is 8.04. The summed E-state index contributed by atoms with van der Waals surface area (Å²) in [7, 11) is 3.28. The van der Waals surface area contributed by atoms with Gasteiger partial charge < -0.3 is 15.4 Å². The fraction of sp³-hybridized carbons (Fsp3) is 0.636. The highest BCUT2D eigenvalue weighted by Crippen LogP contribution is 2.11. The Morgan fingerprint density at radius 1 is 1.67 bits per heavy atom. The number of aromatic nitrogens is 1. The lowest BCUT2D eigenvalue weighted by Gasteiger charge is -2.20. The lowest BCUT2D eigenvalue weighted by Crippen LogP contribution is -2.45. The van der Waals surface area contributed by atoms with E-state index in [4.69, 9.17) is 10.5 Å². The molecule has 7 heteroatoms.